The van der Waals surface area contributed by atoms with Gasteiger partial charge in [-0.3, -0.25) is 10.1 Å². The summed E-state index contributed by atoms with van der Waals surface area (Å²) in [6.45, 7) is 2.23. The van der Waals surface area contributed by atoms with Crippen LogP contribution in [0.4, 0.5) is 37.6 Å². The van der Waals surface area contributed by atoms with Crippen LogP contribution in [-0.2, 0) is 0 Å². The molecule has 11 heteroatoms. The fourth-order valence-electron chi connectivity index (χ4n) is 3.26. The van der Waals surface area contributed by atoms with Crippen molar-refractivity contribution >= 4 is 28.8 Å². The van der Waals surface area contributed by atoms with Gasteiger partial charge in [-0.2, -0.15) is 0 Å². The predicted molar refractivity (Wildman–Crippen MR) is 107 cm³/mol. The van der Waals surface area contributed by atoms with E-state index in [1.807, 2.05) is 18.2 Å². The molecule has 1 N–H and O–H groups in total. The zero-order valence-corrected chi connectivity index (χ0v) is 15.7. The Morgan fingerprint density at radius 1 is 0.967 bits per heavy atom. The molecule has 1 saturated heterocycles. The van der Waals surface area contributed by atoms with Gasteiger partial charge < -0.3 is 15.1 Å². The van der Waals surface area contributed by atoms with Crippen molar-refractivity contribution in [2.75, 3.05) is 41.3 Å². The average Bonchev–Trinajstić information content (AvgIpc) is 2.77. The zero-order chi connectivity index (χ0) is 21.1. The van der Waals surface area contributed by atoms with E-state index in [0.29, 0.717) is 26.2 Å². The molecule has 2 aromatic heterocycles. The number of pyridine rings is 1. The Balaban J connectivity index is 1.57. The lowest BCUT2D eigenvalue weighted by Gasteiger charge is -2.35. The second-order valence-electron chi connectivity index (χ2n) is 6.57. The maximum absolute atomic E-state index is 13.5. The molecule has 9 nitrogen and oxygen atoms in total. The number of nitrogens with zero attached hydrogens (tertiary/aromatic N) is 6. The van der Waals surface area contributed by atoms with E-state index in [4.69, 9.17) is 0 Å². The van der Waals surface area contributed by atoms with Gasteiger partial charge in [0.1, 0.15) is 12.1 Å². The molecule has 154 valence electrons. The summed E-state index contributed by atoms with van der Waals surface area (Å²) in [6.07, 6.45) is 2.92. The summed E-state index contributed by atoms with van der Waals surface area (Å²) in [5.41, 5.74) is -0.185. The highest BCUT2D eigenvalue weighted by atomic mass is 19.2. The molecule has 1 fully saturated rings. The van der Waals surface area contributed by atoms with Crippen molar-refractivity contribution in [3.05, 3.63) is 70.7 Å². The number of piperazine rings is 1. The van der Waals surface area contributed by atoms with Gasteiger partial charge in [0.05, 0.1) is 4.92 Å². The molecule has 3 aromatic rings. The van der Waals surface area contributed by atoms with E-state index in [0.717, 1.165) is 18.0 Å². The monoisotopic (exact) mass is 413 g/mol. The number of anilines is 4. The summed E-state index contributed by atoms with van der Waals surface area (Å²) in [6, 6.07) is 8.77. The lowest BCUT2D eigenvalue weighted by molar-refractivity contribution is -0.383. The standard InChI is InChI=1S/C19H17F2N7O2/c20-14-5-4-13(11-15(14)21)25-18-17(28(29)30)19(24-12-23-18)27-9-7-26(8-10-27)16-3-1-2-6-22-16/h1-6,11-12H,7-10H2,(H,23,24,25). The number of nitro groups is 1. The summed E-state index contributed by atoms with van der Waals surface area (Å²) >= 11 is 0. The van der Waals surface area contributed by atoms with Gasteiger partial charge in [-0.25, -0.2) is 23.7 Å². The maximum atomic E-state index is 13.5. The number of halogens is 2. The summed E-state index contributed by atoms with van der Waals surface area (Å²) in [5.74, 6) is -1.16. The van der Waals surface area contributed by atoms with Gasteiger partial charge in [0.2, 0.25) is 11.6 Å². The molecule has 4 rings (SSSR count). The van der Waals surface area contributed by atoms with Crippen LogP contribution >= 0.6 is 0 Å². The Morgan fingerprint density at radius 3 is 2.40 bits per heavy atom. The first-order valence-electron chi connectivity index (χ1n) is 9.15. The second kappa shape index (κ2) is 8.23. The van der Waals surface area contributed by atoms with Crippen molar-refractivity contribution in [3.63, 3.8) is 0 Å². The minimum absolute atomic E-state index is 0.0943. The minimum Gasteiger partial charge on any atom is -0.353 e. The summed E-state index contributed by atoms with van der Waals surface area (Å²) in [4.78, 5) is 27.5. The molecule has 1 aliphatic rings. The highest BCUT2D eigenvalue weighted by Gasteiger charge is 2.29. The van der Waals surface area contributed by atoms with Crippen LogP contribution in [0.15, 0.2) is 48.9 Å². The minimum atomic E-state index is -1.07. The molecule has 0 atom stereocenters. The van der Waals surface area contributed by atoms with Crippen LogP contribution in [0, 0.1) is 21.7 Å². The third-order valence-corrected chi connectivity index (χ3v) is 4.72. The molecule has 0 aliphatic carbocycles. The van der Waals surface area contributed by atoms with Crippen LogP contribution in [0.5, 0.6) is 0 Å². The van der Waals surface area contributed by atoms with Gasteiger partial charge in [-0.05, 0) is 24.3 Å². The molecule has 0 radical (unpaired) electrons. The molecule has 1 aromatic carbocycles. The summed E-state index contributed by atoms with van der Waals surface area (Å²) in [7, 11) is 0. The molecule has 30 heavy (non-hydrogen) atoms. The quantitative estimate of drug-likeness (QED) is 0.503. The van der Waals surface area contributed by atoms with Crippen LogP contribution in [0.1, 0.15) is 0 Å². The van der Waals surface area contributed by atoms with Crippen molar-refractivity contribution < 1.29 is 13.7 Å². The highest BCUT2D eigenvalue weighted by Crippen LogP contribution is 2.34. The van der Waals surface area contributed by atoms with Crippen molar-refractivity contribution in [1.29, 1.82) is 0 Å². The maximum Gasteiger partial charge on any atom is 0.353 e. The van der Waals surface area contributed by atoms with Crippen LogP contribution < -0.4 is 15.1 Å². The number of benzene rings is 1. The van der Waals surface area contributed by atoms with Crippen molar-refractivity contribution in [3.8, 4) is 0 Å². The molecule has 0 amide bonds. The lowest BCUT2D eigenvalue weighted by atomic mass is 10.2. The van der Waals surface area contributed by atoms with E-state index in [9.17, 15) is 18.9 Å². The molecule has 0 saturated carbocycles. The Labute approximate surface area is 170 Å². The molecular weight excluding hydrogens is 396 g/mol. The van der Waals surface area contributed by atoms with Gasteiger partial charge in [0.25, 0.3) is 0 Å². The smallest absolute Gasteiger partial charge is 0.353 e. The van der Waals surface area contributed by atoms with Gasteiger partial charge in [0.15, 0.2) is 11.6 Å². The largest absolute Gasteiger partial charge is 0.353 e. The van der Waals surface area contributed by atoms with E-state index in [1.165, 1.54) is 12.4 Å². The normalized spacial score (nSPS) is 13.9. The van der Waals surface area contributed by atoms with Crippen LogP contribution in [0.2, 0.25) is 0 Å². The first kappa shape index (κ1) is 19.4. The van der Waals surface area contributed by atoms with E-state index >= 15 is 0 Å². The van der Waals surface area contributed by atoms with E-state index < -0.39 is 16.6 Å². The SMILES string of the molecule is O=[N+]([O-])c1c(Nc2ccc(F)c(F)c2)ncnc1N1CCN(c2ccccn2)CC1. The van der Waals surface area contributed by atoms with Crippen LogP contribution in [-0.4, -0.2) is 46.1 Å². The fourth-order valence-corrected chi connectivity index (χ4v) is 3.26. The molecule has 1 aliphatic heterocycles. The second-order valence-corrected chi connectivity index (χ2v) is 6.57. The van der Waals surface area contributed by atoms with Crippen LogP contribution in [0.3, 0.4) is 0 Å². The molecule has 0 spiro atoms. The van der Waals surface area contributed by atoms with Gasteiger partial charge >= 0.3 is 5.69 Å². The van der Waals surface area contributed by atoms with Crippen molar-refractivity contribution in [1.82, 2.24) is 15.0 Å². The number of rotatable bonds is 5. The Kier molecular flexibility index (Phi) is 5.33. The third kappa shape index (κ3) is 3.95. The van der Waals surface area contributed by atoms with E-state index in [2.05, 4.69) is 25.2 Å². The molecule has 3 heterocycles. The van der Waals surface area contributed by atoms with E-state index in [1.54, 1.807) is 11.1 Å². The number of hydrogen-bond acceptors (Lipinski definition) is 8. The van der Waals surface area contributed by atoms with Crippen LogP contribution in [0.25, 0.3) is 0 Å². The summed E-state index contributed by atoms with van der Waals surface area (Å²) < 4.78 is 26.6. The van der Waals surface area contributed by atoms with Crippen molar-refractivity contribution in [2.24, 2.45) is 0 Å². The topological polar surface area (TPSA) is 100 Å². The van der Waals surface area contributed by atoms with Gasteiger partial charge in [0, 0.05) is 44.1 Å². The Morgan fingerprint density at radius 2 is 1.73 bits per heavy atom. The first-order valence-corrected chi connectivity index (χ1v) is 9.15. The molecule has 0 unspecified atom stereocenters. The fraction of sp³-hybridized carbons (Fsp3) is 0.211. The molecular formula is C19H17F2N7O2. The average molecular weight is 413 g/mol. The summed E-state index contributed by atoms with van der Waals surface area (Å²) in [5, 5.41) is 14.5. The van der Waals surface area contributed by atoms with Crippen molar-refractivity contribution in [2.45, 2.75) is 0 Å². The first-order chi connectivity index (χ1) is 14.5. The number of aromatic nitrogens is 3. The Hall–Kier alpha value is -3.89. The predicted octanol–water partition coefficient (Wildman–Crippen LogP) is 3.13. The van der Waals surface area contributed by atoms with Gasteiger partial charge in [-0.1, -0.05) is 6.07 Å². The lowest BCUT2D eigenvalue weighted by Crippen LogP contribution is -2.47. The zero-order valence-electron chi connectivity index (χ0n) is 15.7. The number of hydrogen-bond donors (Lipinski definition) is 1. The Bertz CT molecular complexity index is 1060. The number of nitrogens with one attached hydrogen (secondary N) is 1. The third-order valence-electron chi connectivity index (χ3n) is 4.72. The van der Waals surface area contributed by atoms with E-state index in [-0.39, 0.29) is 23.0 Å². The van der Waals surface area contributed by atoms with Gasteiger partial charge in [-0.15, -0.1) is 0 Å². The highest BCUT2D eigenvalue weighted by molar-refractivity contribution is 5.74. The molecule has 0 bridgehead atoms.